The predicted octanol–water partition coefficient (Wildman–Crippen LogP) is 7.49. The minimum absolute atomic E-state index is 0.0387. The van der Waals surface area contributed by atoms with Crippen LogP contribution in [0.25, 0.3) is 23.8 Å². The second kappa shape index (κ2) is 14.9. The number of hydrogen-bond acceptors (Lipinski definition) is 6. The number of nitro benzene ring substituents is 2. The molecule has 2 aromatic rings. The molecule has 8 heteroatoms. The third-order valence-corrected chi connectivity index (χ3v) is 7.82. The summed E-state index contributed by atoms with van der Waals surface area (Å²) in [6.07, 6.45) is 19.4. The van der Waals surface area contributed by atoms with E-state index >= 15 is 0 Å². The van der Waals surface area contributed by atoms with Gasteiger partial charge >= 0.3 is 0 Å². The van der Waals surface area contributed by atoms with Crippen LogP contribution in [0, 0.1) is 42.9 Å². The molecular weight excluding hydrogens is 504 g/mol. The summed E-state index contributed by atoms with van der Waals surface area (Å²) in [6.45, 7) is 6.08. The van der Waals surface area contributed by atoms with E-state index in [1.807, 2.05) is 12.1 Å². The first kappa shape index (κ1) is 30.5. The molecule has 0 N–H and O–H groups in total. The monoisotopic (exact) mass is 542 g/mol. The largest absolute Gasteiger partial charge is 0.295 e. The van der Waals surface area contributed by atoms with E-state index in [0.29, 0.717) is 33.9 Å². The molecule has 3 rings (SSSR count). The van der Waals surface area contributed by atoms with Gasteiger partial charge < -0.3 is 0 Å². The van der Waals surface area contributed by atoms with Gasteiger partial charge in [-0.3, -0.25) is 20.2 Å². The second-order valence-corrected chi connectivity index (χ2v) is 10.7. The molecule has 1 aliphatic carbocycles. The lowest BCUT2D eigenvalue weighted by Gasteiger charge is -2.12. The first-order valence-electron chi connectivity index (χ1n) is 14.5. The lowest BCUT2D eigenvalue weighted by molar-refractivity contribution is -0.386. The number of unbranched alkanes of at least 4 members (excludes halogenated alkanes) is 13. The normalized spacial score (nSPS) is 11.3. The molecule has 0 amide bonds. The van der Waals surface area contributed by atoms with Crippen molar-refractivity contribution in [2.45, 2.75) is 103 Å². The van der Waals surface area contributed by atoms with E-state index in [0.717, 1.165) is 19.3 Å². The zero-order valence-corrected chi connectivity index (χ0v) is 23.5. The van der Waals surface area contributed by atoms with Crippen LogP contribution < -0.4 is 10.4 Å². The number of nitro groups is 2. The highest BCUT2D eigenvalue weighted by Gasteiger charge is 2.31. The van der Waals surface area contributed by atoms with Crippen LogP contribution in [-0.2, 0) is 6.42 Å². The lowest BCUT2D eigenvalue weighted by atomic mass is 9.89. The molecule has 1 aliphatic rings. The Kier molecular flexibility index (Phi) is 11.4. The molecule has 2 aromatic carbocycles. The van der Waals surface area contributed by atoms with Gasteiger partial charge in [-0.1, -0.05) is 97.0 Å². The second-order valence-electron chi connectivity index (χ2n) is 10.7. The number of nitrogens with zero attached hydrogens (tertiary/aromatic N) is 4. The van der Waals surface area contributed by atoms with Crippen molar-refractivity contribution in [1.82, 2.24) is 0 Å². The van der Waals surface area contributed by atoms with Crippen LogP contribution in [-0.4, -0.2) is 9.85 Å². The van der Waals surface area contributed by atoms with E-state index in [-0.39, 0.29) is 22.0 Å². The summed E-state index contributed by atoms with van der Waals surface area (Å²) in [7, 11) is 0. The van der Waals surface area contributed by atoms with Gasteiger partial charge in [0.15, 0.2) is 0 Å². The highest BCUT2D eigenvalue weighted by atomic mass is 16.6. The van der Waals surface area contributed by atoms with Crippen LogP contribution in [0.15, 0.2) is 12.1 Å². The minimum Gasteiger partial charge on any atom is -0.258 e. The van der Waals surface area contributed by atoms with E-state index < -0.39 is 15.5 Å². The lowest BCUT2D eigenvalue weighted by Crippen LogP contribution is -2.29. The molecular formula is C32H38N4O4. The smallest absolute Gasteiger partial charge is 0.258 e. The van der Waals surface area contributed by atoms with Gasteiger partial charge in [-0.2, -0.15) is 10.5 Å². The van der Waals surface area contributed by atoms with Crippen LogP contribution in [0.4, 0.5) is 11.4 Å². The number of fused-ring (bicyclic) bond motifs is 3. The Bertz CT molecular complexity index is 1450. The zero-order valence-electron chi connectivity index (χ0n) is 23.5. The van der Waals surface area contributed by atoms with Crippen LogP contribution in [0.2, 0.25) is 0 Å². The van der Waals surface area contributed by atoms with Gasteiger partial charge in [0.1, 0.15) is 17.7 Å². The van der Waals surface area contributed by atoms with Crippen LogP contribution >= 0.6 is 0 Å². The molecule has 0 fully saturated rings. The highest BCUT2D eigenvalue weighted by molar-refractivity contribution is 5.92. The van der Waals surface area contributed by atoms with Crippen molar-refractivity contribution in [1.29, 1.82) is 10.5 Å². The van der Waals surface area contributed by atoms with Gasteiger partial charge in [0.2, 0.25) is 0 Å². The van der Waals surface area contributed by atoms with Crippen molar-refractivity contribution in [3.63, 3.8) is 0 Å². The zero-order chi connectivity index (χ0) is 29.1. The SMILES string of the molecule is C=c1c([N+](=O)[O-])c(C#N)c(C#N)c2c1=Cc1cc([N+](=O)[O-])cc(CCCCCCCCCCCCCCCC)c1-2. The molecule has 0 saturated heterocycles. The topological polar surface area (TPSA) is 134 Å². The van der Waals surface area contributed by atoms with Crippen molar-refractivity contribution in [3.05, 3.63) is 65.1 Å². The number of rotatable bonds is 17. The van der Waals surface area contributed by atoms with Gasteiger partial charge in [0.05, 0.1) is 20.6 Å². The van der Waals surface area contributed by atoms with E-state index in [1.54, 1.807) is 6.08 Å². The van der Waals surface area contributed by atoms with E-state index in [2.05, 4.69) is 13.5 Å². The van der Waals surface area contributed by atoms with E-state index in [9.17, 15) is 30.8 Å². The Balaban J connectivity index is 1.66. The fraction of sp³-hybridized carbons (Fsp3) is 0.500. The molecule has 40 heavy (non-hydrogen) atoms. The first-order chi connectivity index (χ1) is 19.3. The first-order valence-corrected chi connectivity index (χ1v) is 14.5. The van der Waals surface area contributed by atoms with E-state index in [4.69, 9.17) is 0 Å². The van der Waals surface area contributed by atoms with Crippen molar-refractivity contribution < 1.29 is 9.85 Å². The molecule has 0 unspecified atom stereocenters. The summed E-state index contributed by atoms with van der Waals surface area (Å²) < 4.78 is 0. The molecule has 0 bridgehead atoms. The summed E-state index contributed by atoms with van der Waals surface area (Å²) in [5.41, 5.74) is 1.33. The Morgan fingerprint density at radius 3 is 1.75 bits per heavy atom. The molecule has 0 spiro atoms. The maximum Gasteiger partial charge on any atom is 0.295 e. The quantitative estimate of drug-likeness (QED) is 0.0985. The van der Waals surface area contributed by atoms with Crippen LogP contribution in [0.3, 0.4) is 0 Å². The molecule has 0 aromatic heterocycles. The third-order valence-electron chi connectivity index (χ3n) is 7.82. The maximum absolute atomic E-state index is 11.7. The summed E-state index contributed by atoms with van der Waals surface area (Å²) >= 11 is 0. The molecule has 0 radical (unpaired) electrons. The summed E-state index contributed by atoms with van der Waals surface area (Å²) in [5, 5.41) is 43.4. The standard InChI is InChI=1S/C32H38N4O4/c1-3-4-5-6-7-8-9-10-11-12-13-14-15-16-17-24-18-26(35(37)38)19-25-20-27-23(2)32(36(39)40)29(22-34)28(21-33)31(27)30(24)25/h18-20H,2-17H2,1H3. The number of benzene rings is 2. The van der Waals surface area contributed by atoms with Crippen molar-refractivity contribution in [3.8, 4) is 23.3 Å². The van der Waals surface area contributed by atoms with Crippen LogP contribution in [0.5, 0.6) is 0 Å². The van der Waals surface area contributed by atoms with Gasteiger partial charge in [-0.25, -0.2) is 0 Å². The number of nitriles is 2. The average molecular weight is 543 g/mol. The Labute approximate surface area is 235 Å². The van der Waals surface area contributed by atoms with Gasteiger partial charge in [-0.05, 0) is 40.8 Å². The molecule has 210 valence electrons. The predicted molar refractivity (Wildman–Crippen MR) is 157 cm³/mol. The number of hydrogen-bond donors (Lipinski definition) is 0. The third kappa shape index (κ3) is 7.12. The minimum atomic E-state index is -0.698. The number of aryl methyl sites for hydroxylation is 1. The van der Waals surface area contributed by atoms with Crippen molar-refractivity contribution in [2.24, 2.45) is 0 Å². The van der Waals surface area contributed by atoms with Crippen molar-refractivity contribution in [2.75, 3.05) is 0 Å². The van der Waals surface area contributed by atoms with Gasteiger partial charge in [0, 0.05) is 17.7 Å². The molecule has 0 heterocycles. The van der Waals surface area contributed by atoms with Gasteiger partial charge in [0.25, 0.3) is 11.4 Å². The highest BCUT2D eigenvalue weighted by Crippen LogP contribution is 2.38. The fourth-order valence-electron chi connectivity index (χ4n) is 5.74. The van der Waals surface area contributed by atoms with E-state index in [1.165, 1.54) is 82.8 Å². The summed E-state index contributed by atoms with van der Waals surface area (Å²) in [4.78, 5) is 22.2. The average Bonchev–Trinajstić information content (AvgIpc) is 3.32. The molecule has 0 atom stereocenters. The number of non-ortho nitro benzene ring substituents is 1. The van der Waals surface area contributed by atoms with Gasteiger partial charge in [-0.15, -0.1) is 0 Å². The maximum atomic E-state index is 11.7. The molecule has 0 aliphatic heterocycles. The Morgan fingerprint density at radius 2 is 1.27 bits per heavy atom. The Morgan fingerprint density at radius 1 is 0.750 bits per heavy atom. The van der Waals surface area contributed by atoms with Crippen molar-refractivity contribution >= 4 is 24.0 Å². The Hall–Kier alpha value is -4.04. The van der Waals surface area contributed by atoms with Crippen LogP contribution in [0.1, 0.15) is 119 Å². The molecule has 8 nitrogen and oxygen atoms in total. The fourth-order valence-corrected chi connectivity index (χ4v) is 5.74. The summed E-state index contributed by atoms with van der Waals surface area (Å²) in [6, 6.07) is 6.75. The summed E-state index contributed by atoms with van der Waals surface area (Å²) in [5.74, 6) is 0. The molecule has 0 saturated carbocycles.